The summed E-state index contributed by atoms with van der Waals surface area (Å²) in [6.07, 6.45) is 1.85. The van der Waals surface area contributed by atoms with Crippen LogP contribution in [0.2, 0.25) is 0 Å². The quantitative estimate of drug-likeness (QED) is 0.355. The molecular weight excluding hydrogens is 508 g/mol. The summed E-state index contributed by atoms with van der Waals surface area (Å²) in [6, 6.07) is 5.72. The number of likely N-dealkylation sites (tertiary alicyclic amines) is 1. The van der Waals surface area contributed by atoms with Crippen molar-refractivity contribution in [3.8, 4) is 16.3 Å². The Hall–Kier alpha value is -3.02. The Kier molecular flexibility index (Phi) is 8.46. The van der Waals surface area contributed by atoms with Gasteiger partial charge in [0.05, 0.1) is 28.1 Å². The first-order valence-electron chi connectivity index (χ1n) is 12.5. The SMILES string of the molecule is Cc1nc(C(=O)NC2CCN(C(C)C)CC2)sc1-c1csc(Nc2cc(C(N)=O)ccc2OC(C)C)n1. The Morgan fingerprint density at radius 1 is 1.16 bits per heavy atom. The van der Waals surface area contributed by atoms with Gasteiger partial charge in [-0.25, -0.2) is 9.97 Å². The zero-order chi connectivity index (χ0) is 26.7. The predicted octanol–water partition coefficient (Wildman–Crippen LogP) is 4.81. The maximum Gasteiger partial charge on any atom is 0.280 e. The number of nitrogens with one attached hydrogen (secondary N) is 2. The maximum atomic E-state index is 12.9. The first-order valence-corrected chi connectivity index (χ1v) is 14.2. The molecule has 3 heterocycles. The van der Waals surface area contributed by atoms with Gasteiger partial charge in [-0.1, -0.05) is 0 Å². The summed E-state index contributed by atoms with van der Waals surface area (Å²) in [4.78, 5) is 37.2. The van der Waals surface area contributed by atoms with Crippen LogP contribution in [0.4, 0.5) is 10.8 Å². The predicted molar refractivity (Wildman–Crippen MR) is 149 cm³/mol. The molecule has 0 atom stereocenters. The van der Waals surface area contributed by atoms with E-state index in [1.165, 1.54) is 22.7 Å². The van der Waals surface area contributed by atoms with Crippen molar-refractivity contribution in [2.24, 2.45) is 5.73 Å². The lowest BCUT2D eigenvalue weighted by molar-refractivity contribution is 0.0899. The summed E-state index contributed by atoms with van der Waals surface area (Å²) in [5.74, 6) is -0.0471. The Balaban J connectivity index is 1.47. The van der Waals surface area contributed by atoms with Crippen LogP contribution in [0.25, 0.3) is 10.6 Å². The summed E-state index contributed by atoms with van der Waals surface area (Å²) in [7, 11) is 0. The monoisotopic (exact) mass is 542 g/mol. The molecule has 1 aliphatic heterocycles. The van der Waals surface area contributed by atoms with Crippen molar-refractivity contribution in [2.75, 3.05) is 18.4 Å². The van der Waals surface area contributed by atoms with E-state index in [0.29, 0.717) is 33.2 Å². The van der Waals surface area contributed by atoms with E-state index in [9.17, 15) is 9.59 Å². The van der Waals surface area contributed by atoms with Crippen molar-refractivity contribution in [3.63, 3.8) is 0 Å². The fraction of sp³-hybridized carbons (Fsp3) is 0.462. The van der Waals surface area contributed by atoms with Crippen molar-refractivity contribution >= 4 is 45.3 Å². The maximum absolute atomic E-state index is 12.9. The second-order valence-corrected chi connectivity index (χ2v) is 11.6. The number of thiazole rings is 2. The minimum absolute atomic E-state index is 0.0426. The smallest absolute Gasteiger partial charge is 0.280 e. The molecule has 4 N–H and O–H groups in total. The average molecular weight is 543 g/mol. The lowest BCUT2D eigenvalue weighted by atomic mass is 10.0. The first-order chi connectivity index (χ1) is 17.6. The van der Waals surface area contributed by atoms with Gasteiger partial charge in [0.15, 0.2) is 10.1 Å². The van der Waals surface area contributed by atoms with Crippen LogP contribution in [0.15, 0.2) is 23.6 Å². The number of rotatable bonds is 9. The number of anilines is 2. The Morgan fingerprint density at radius 3 is 2.54 bits per heavy atom. The van der Waals surface area contributed by atoms with Crippen LogP contribution in [-0.4, -0.2) is 58.0 Å². The molecule has 1 fully saturated rings. The highest BCUT2D eigenvalue weighted by Gasteiger charge is 2.24. The van der Waals surface area contributed by atoms with E-state index in [-0.39, 0.29) is 18.1 Å². The van der Waals surface area contributed by atoms with Crippen LogP contribution in [0.3, 0.4) is 0 Å². The molecule has 2 amide bonds. The van der Waals surface area contributed by atoms with E-state index in [1.54, 1.807) is 18.2 Å². The minimum atomic E-state index is -0.518. The molecule has 4 rings (SSSR count). The number of amides is 2. The van der Waals surface area contributed by atoms with E-state index in [2.05, 4.69) is 34.4 Å². The number of nitrogens with zero attached hydrogens (tertiary/aromatic N) is 3. The van der Waals surface area contributed by atoms with Gasteiger partial charge in [0.2, 0.25) is 5.91 Å². The number of benzene rings is 1. The fourth-order valence-electron chi connectivity index (χ4n) is 4.23. The zero-order valence-corrected chi connectivity index (χ0v) is 23.5. The molecule has 2 aromatic heterocycles. The van der Waals surface area contributed by atoms with Gasteiger partial charge in [0.1, 0.15) is 5.75 Å². The van der Waals surface area contributed by atoms with Gasteiger partial charge in [-0.3, -0.25) is 9.59 Å². The average Bonchev–Trinajstić information content (AvgIpc) is 3.46. The van der Waals surface area contributed by atoms with E-state index >= 15 is 0 Å². The van der Waals surface area contributed by atoms with Gasteiger partial charge in [-0.15, -0.1) is 22.7 Å². The molecule has 0 unspecified atom stereocenters. The summed E-state index contributed by atoms with van der Waals surface area (Å²) < 4.78 is 5.88. The minimum Gasteiger partial charge on any atom is -0.489 e. The van der Waals surface area contributed by atoms with Crippen LogP contribution >= 0.6 is 22.7 Å². The molecule has 9 nitrogen and oxygen atoms in total. The summed E-state index contributed by atoms with van der Waals surface area (Å²) in [5, 5.41) is 9.41. The molecule has 1 aromatic carbocycles. The molecule has 0 aliphatic carbocycles. The molecule has 0 bridgehead atoms. The fourth-order valence-corrected chi connectivity index (χ4v) is 5.95. The standard InChI is InChI=1S/C26H34N6O3S2/c1-14(2)32-10-8-18(9-11-32)29-24(34)25-28-16(5)22(37-25)20-13-36-26(31-20)30-19-12-17(23(27)33)6-7-21(19)35-15(3)4/h6-7,12-15,18H,8-11H2,1-5H3,(H2,27,33)(H,29,34)(H,30,31). The highest BCUT2D eigenvalue weighted by Crippen LogP contribution is 2.35. The molecular formula is C26H34N6O3S2. The molecule has 198 valence electrons. The number of aryl methyl sites for hydroxylation is 1. The third-order valence-corrected chi connectivity index (χ3v) is 8.13. The summed E-state index contributed by atoms with van der Waals surface area (Å²) in [5.41, 5.74) is 7.95. The largest absolute Gasteiger partial charge is 0.489 e. The van der Waals surface area contributed by atoms with Gasteiger partial charge in [-0.05, 0) is 65.7 Å². The summed E-state index contributed by atoms with van der Waals surface area (Å²) in [6.45, 7) is 12.1. The normalized spacial score (nSPS) is 14.8. The Morgan fingerprint density at radius 2 is 1.89 bits per heavy atom. The molecule has 0 saturated carbocycles. The van der Waals surface area contributed by atoms with E-state index in [4.69, 9.17) is 15.5 Å². The summed E-state index contributed by atoms with van der Waals surface area (Å²) >= 11 is 2.77. The molecule has 0 radical (unpaired) electrons. The zero-order valence-electron chi connectivity index (χ0n) is 21.8. The van der Waals surface area contributed by atoms with E-state index < -0.39 is 5.91 Å². The number of carbonyl (C=O) groups is 2. The molecule has 3 aromatic rings. The van der Waals surface area contributed by atoms with Crippen molar-refractivity contribution in [1.29, 1.82) is 0 Å². The van der Waals surface area contributed by atoms with Gasteiger partial charge in [-0.2, -0.15) is 0 Å². The number of hydrogen-bond acceptors (Lipinski definition) is 9. The molecule has 1 aliphatic rings. The number of carbonyl (C=O) groups excluding carboxylic acids is 2. The highest BCUT2D eigenvalue weighted by molar-refractivity contribution is 7.18. The van der Waals surface area contributed by atoms with Crippen LogP contribution in [0.1, 0.15) is 66.4 Å². The van der Waals surface area contributed by atoms with E-state index in [0.717, 1.165) is 42.2 Å². The molecule has 1 saturated heterocycles. The number of nitrogens with two attached hydrogens (primary N) is 1. The number of primary amides is 1. The lowest BCUT2D eigenvalue weighted by Gasteiger charge is -2.34. The Bertz CT molecular complexity index is 1260. The van der Waals surface area contributed by atoms with Crippen molar-refractivity contribution in [2.45, 2.75) is 65.6 Å². The second-order valence-electron chi connectivity index (χ2n) is 9.72. The van der Waals surface area contributed by atoms with Crippen LogP contribution < -0.4 is 21.1 Å². The number of aromatic nitrogens is 2. The van der Waals surface area contributed by atoms with Gasteiger partial charge >= 0.3 is 0 Å². The Labute approximate surface area is 225 Å². The topological polar surface area (TPSA) is 122 Å². The lowest BCUT2D eigenvalue weighted by Crippen LogP contribution is -2.46. The number of ether oxygens (including phenoxy) is 1. The first kappa shape index (κ1) is 27.0. The van der Waals surface area contributed by atoms with Gasteiger partial charge in [0, 0.05) is 36.1 Å². The number of piperidine rings is 1. The van der Waals surface area contributed by atoms with Gasteiger partial charge < -0.3 is 26.0 Å². The van der Waals surface area contributed by atoms with Crippen molar-refractivity contribution < 1.29 is 14.3 Å². The third-order valence-electron chi connectivity index (χ3n) is 6.19. The van der Waals surface area contributed by atoms with E-state index in [1.807, 2.05) is 26.2 Å². The van der Waals surface area contributed by atoms with Crippen LogP contribution in [0.5, 0.6) is 5.75 Å². The van der Waals surface area contributed by atoms with Gasteiger partial charge in [0.25, 0.3) is 5.91 Å². The number of hydrogen-bond donors (Lipinski definition) is 3. The van der Waals surface area contributed by atoms with Crippen LogP contribution in [-0.2, 0) is 0 Å². The molecule has 37 heavy (non-hydrogen) atoms. The van der Waals surface area contributed by atoms with Crippen LogP contribution in [0, 0.1) is 6.92 Å². The highest BCUT2D eigenvalue weighted by atomic mass is 32.1. The second kappa shape index (κ2) is 11.6. The third kappa shape index (κ3) is 6.65. The van der Waals surface area contributed by atoms with Crippen molar-refractivity contribution in [3.05, 3.63) is 39.8 Å². The molecule has 0 spiro atoms. The molecule has 11 heteroatoms. The van der Waals surface area contributed by atoms with Crippen molar-refractivity contribution in [1.82, 2.24) is 20.2 Å².